The molecule has 8 heteroatoms. The second kappa shape index (κ2) is 4.52. The van der Waals surface area contributed by atoms with E-state index in [1.54, 1.807) is 13.8 Å². The zero-order valence-corrected chi connectivity index (χ0v) is 10.9. The maximum Gasteiger partial charge on any atom is 0.325 e. The van der Waals surface area contributed by atoms with E-state index in [0.29, 0.717) is 13.1 Å². The lowest BCUT2D eigenvalue weighted by Gasteiger charge is -2.41. The van der Waals surface area contributed by atoms with Gasteiger partial charge in [-0.2, -0.15) is 0 Å². The van der Waals surface area contributed by atoms with Crippen LogP contribution in [0.15, 0.2) is 0 Å². The van der Waals surface area contributed by atoms with E-state index in [0.717, 1.165) is 4.90 Å². The molecular weight excluding hydrogens is 252 g/mol. The third kappa shape index (κ3) is 2.25. The number of piperazine rings is 1. The van der Waals surface area contributed by atoms with Gasteiger partial charge in [-0.1, -0.05) is 0 Å². The molecule has 0 atom stereocenters. The Bertz CT molecular complexity index is 444. The molecule has 8 nitrogen and oxygen atoms in total. The Morgan fingerprint density at radius 2 is 1.95 bits per heavy atom. The summed E-state index contributed by atoms with van der Waals surface area (Å²) in [6.45, 7) is 3.57. The van der Waals surface area contributed by atoms with E-state index in [1.807, 2.05) is 0 Å². The molecule has 2 fully saturated rings. The highest BCUT2D eigenvalue weighted by Crippen LogP contribution is 2.18. The molecular formula is C11H16N4O4. The van der Waals surface area contributed by atoms with Gasteiger partial charge in [0.1, 0.15) is 12.1 Å². The van der Waals surface area contributed by atoms with Gasteiger partial charge in [0.05, 0.1) is 6.54 Å². The predicted octanol–water partition coefficient (Wildman–Crippen LogP) is -1.72. The summed E-state index contributed by atoms with van der Waals surface area (Å²) < 4.78 is 0. The van der Waals surface area contributed by atoms with Gasteiger partial charge in [0, 0.05) is 13.1 Å². The number of urea groups is 1. The maximum atomic E-state index is 12.2. The molecule has 0 bridgehead atoms. The highest BCUT2D eigenvalue weighted by Gasteiger charge is 2.42. The van der Waals surface area contributed by atoms with E-state index < -0.39 is 23.4 Å². The van der Waals surface area contributed by atoms with Crippen LogP contribution in [-0.4, -0.2) is 65.3 Å². The number of hydrogen-bond acceptors (Lipinski definition) is 4. The molecule has 0 unspecified atom stereocenters. The Kier molecular flexibility index (Phi) is 3.17. The SMILES string of the molecule is CC1(C)C(=O)NCCN1C(=O)CN1C(=O)CNC1=O. The van der Waals surface area contributed by atoms with Gasteiger partial charge < -0.3 is 15.5 Å². The smallest absolute Gasteiger partial charge is 0.325 e. The first-order valence-electron chi connectivity index (χ1n) is 6.01. The van der Waals surface area contributed by atoms with Crippen molar-refractivity contribution in [3.63, 3.8) is 0 Å². The van der Waals surface area contributed by atoms with E-state index in [2.05, 4.69) is 10.6 Å². The van der Waals surface area contributed by atoms with Crippen molar-refractivity contribution in [2.45, 2.75) is 19.4 Å². The number of rotatable bonds is 2. The second-order valence-corrected chi connectivity index (χ2v) is 5.00. The number of amides is 5. The zero-order chi connectivity index (χ0) is 14.2. The monoisotopic (exact) mass is 268 g/mol. The lowest BCUT2D eigenvalue weighted by atomic mass is 9.99. The Morgan fingerprint density at radius 3 is 2.53 bits per heavy atom. The van der Waals surface area contributed by atoms with Crippen molar-refractivity contribution in [3.05, 3.63) is 0 Å². The molecule has 2 heterocycles. The third-order valence-corrected chi connectivity index (χ3v) is 3.38. The van der Waals surface area contributed by atoms with Crippen molar-refractivity contribution < 1.29 is 19.2 Å². The van der Waals surface area contributed by atoms with Crippen molar-refractivity contribution in [2.75, 3.05) is 26.2 Å². The third-order valence-electron chi connectivity index (χ3n) is 3.38. The average molecular weight is 268 g/mol. The van der Waals surface area contributed by atoms with Crippen LogP contribution in [0.5, 0.6) is 0 Å². The van der Waals surface area contributed by atoms with E-state index in [1.165, 1.54) is 4.90 Å². The Morgan fingerprint density at radius 1 is 1.26 bits per heavy atom. The van der Waals surface area contributed by atoms with Gasteiger partial charge in [-0.25, -0.2) is 4.79 Å². The molecule has 19 heavy (non-hydrogen) atoms. The van der Waals surface area contributed by atoms with Gasteiger partial charge in [-0.05, 0) is 13.8 Å². The summed E-state index contributed by atoms with van der Waals surface area (Å²) >= 11 is 0. The molecule has 0 spiro atoms. The van der Waals surface area contributed by atoms with Crippen LogP contribution in [0.2, 0.25) is 0 Å². The standard InChI is InChI=1S/C11H16N4O4/c1-11(2)9(18)12-3-4-15(11)8(17)6-14-7(16)5-13-10(14)19/h3-6H2,1-2H3,(H,12,18)(H,13,19). The van der Waals surface area contributed by atoms with Gasteiger partial charge in [0.25, 0.3) is 5.91 Å². The number of carbonyl (C=O) groups excluding carboxylic acids is 4. The fraction of sp³-hybridized carbons (Fsp3) is 0.636. The van der Waals surface area contributed by atoms with Crippen molar-refractivity contribution in [1.29, 1.82) is 0 Å². The number of hydrogen-bond donors (Lipinski definition) is 2. The molecule has 2 saturated heterocycles. The molecule has 2 rings (SSSR count). The minimum Gasteiger partial charge on any atom is -0.352 e. The molecule has 0 radical (unpaired) electrons. The van der Waals surface area contributed by atoms with Crippen LogP contribution in [0.1, 0.15) is 13.8 Å². The minimum atomic E-state index is -0.978. The van der Waals surface area contributed by atoms with Crippen LogP contribution < -0.4 is 10.6 Å². The summed E-state index contributed by atoms with van der Waals surface area (Å²) in [4.78, 5) is 49.0. The highest BCUT2D eigenvalue weighted by molar-refractivity contribution is 6.05. The van der Waals surface area contributed by atoms with Crippen LogP contribution in [0.4, 0.5) is 4.79 Å². The van der Waals surface area contributed by atoms with Gasteiger partial charge >= 0.3 is 6.03 Å². The first kappa shape index (κ1) is 13.3. The maximum absolute atomic E-state index is 12.2. The Balaban J connectivity index is 2.09. The van der Waals surface area contributed by atoms with Crippen molar-refractivity contribution >= 4 is 23.8 Å². The average Bonchev–Trinajstić information content (AvgIpc) is 2.64. The number of carbonyl (C=O) groups is 4. The number of nitrogens with one attached hydrogen (secondary N) is 2. The van der Waals surface area contributed by atoms with E-state index in [9.17, 15) is 19.2 Å². The van der Waals surface area contributed by atoms with Crippen LogP contribution in [0, 0.1) is 0 Å². The van der Waals surface area contributed by atoms with Crippen molar-refractivity contribution in [3.8, 4) is 0 Å². The quantitative estimate of drug-likeness (QED) is 0.582. The first-order chi connectivity index (χ1) is 8.84. The van der Waals surface area contributed by atoms with E-state index >= 15 is 0 Å². The Hall–Kier alpha value is -2.12. The van der Waals surface area contributed by atoms with Gasteiger partial charge in [0.15, 0.2) is 0 Å². The lowest BCUT2D eigenvalue weighted by Crippen LogP contribution is -2.64. The minimum absolute atomic E-state index is 0.0873. The first-order valence-corrected chi connectivity index (χ1v) is 6.01. The second-order valence-electron chi connectivity index (χ2n) is 5.00. The molecule has 2 aliphatic rings. The summed E-state index contributed by atoms with van der Waals surface area (Å²) in [5.41, 5.74) is -0.978. The van der Waals surface area contributed by atoms with E-state index in [-0.39, 0.29) is 19.0 Å². The Labute approximate surface area is 110 Å². The normalized spacial score (nSPS) is 22.3. The van der Waals surface area contributed by atoms with E-state index in [4.69, 9.17) is 0 Å². The molecule has 0 aliphatic carbocycles. The van der Waals surface area contributed by atoms with Crippen LogP contribution in [-0.2, 0) is 14.4 Å². The van der Waals surface area contributed by atoms with Gasteiger partial charge in [-0.3, -0.25) is 19.3 Å². The summed E-state index contributed by atoms with van der Waals surface area (Å²) in [5, 5.41) is 5.02. The fourth-order valence-corrected chi connectivity index (χ4v) is 2.17. The molecule has 0 aromatic carbocycles. The zero-order valence-electron chi connectivity index (χ0n) is 10.9. The topological polar surface area (TPSA) is 98.8 Å². The van der Waals surface area contributed by atoms with Crippen molar-refractivity contribution in [1.82, 2.24) is 20.4 Å². The highest BCUT2D eigenvalue weighted by atomic mass is 16.2. The summed E-state index contributed by atoms with van der Waals surface area (Å²) in [6.07, 6.45) is 0. The largest absolute Gasteiger partial charge is 0.352 e. The molecule has 2 N–H and O–H groups in total. The number of nitrogens with zero attached hydrogens (tertiary/aromatic N) is 2. The van der Waals surface area contributed by atoms with Crippen molar-refractivity contribution in [2.24, 2.45) is 0 Å². The van der Waals surface area contributed by atoms with Gasteiger partial charge in [0.2, 0.25) is 11.8 Å². The molecule has 2 aliphatic heterocycles. The molecule has 0 saturated carbocycles. The molecule has 104 valence electrons. The summed E-state index contributed by atoms with van der Waals surface area (Å²) in [6, 6.07) is -0.572. The number of imide groups is 1. The van der Waals surface area contributed by atoms with Crippen LogP contribution >= 0.6 is 0 Å². The van der Waals surface area contributed by atoms with Crippen LogP contribution in [0.3, 0.4) is 0 Å². The fourth-order valence-electron chi connectivity index (χ4n) is 2.17. The van der Waals surface area contributed by atoms with Crippen LogP contribution in [0.25, 0.3) is 0 Å². The predicted molar refractivity (Wildman–Crippen MR) is 63.9 cm³/mol. The molecule has 5 amide bonds. The van der Waals surface area contributed by atoms with Gasteiger partial charge in [-0.15, -0.1) is 0 Å². The summed E-state index contributed by atoms with van der Waals surface area (Å²) in [7, 11) is 0. The molecule has 0 aromatic rings. The summed E-state index contributed by atoms with van der Waals surface area (Å²) in [5.74, 6) is -1.09. The molecule has 0 aromatic heterocycles. The lowest BCUT2D eigenvalue weighted by molar-refractivity contribution is -0.150.